The van der Waals surface area contributed by atoms with Crippen molar-refractivity contribution >= 4 is 5.78 Å². The van der Waals surface area contributed by atoms with Gasteiger partial charge in [0.1, 0.15) is 5.69 Å². The summed E-state index contributed by atoms with van der Waals surface area (Å²) in [5, 5.41) is 0. The molecule has 1 saturated carbocycles. The first-order valence-corrected chi connectivity index (χ1v) is 5.68. The Bertz CT molecular complexity index is 316. The quantitative estimate of drug-likeness (QED) is 0.549. The molecule has 15 heavy (non-hydrogen) atoms. The second-order valence-electron chi connectivity index (χ2n) is 4.14. The summed E-state index contributed by atoms with van der Waals surface area (Å²) in [6, 6.07) is 0. The van der Waals surface area contributed by atoms with Crippen LogP contribution in [0.25, 0.3) is 0 Å². The maximum absolute atomic E-state index is 12.0. The van der Waals surface area contributed by atoms with E-state index in [4.69, 9.17) is 0 Å². The van der Waals surface area contributed by atoms with Crippen molar-refractivity contribution in [3.63, 3.8) is 0 Å². The van der Waals surface area contributed by atoms with E-state index in [2.05, 4.69) is 9.97 Å². The molecule has 0 N–H and O–H groups in total. The lowest BCUT2D eigenvalue weighted by molar-refractivity contribution is 0.0902. The summed E-state index contributed by atoms with van der Waals surface area (Å²) in [6.45, 7) is 0. The molecule has 1 aromatic rings. The molecule has 0 amide bonds. The Morgan fingerprint density at radius 3 is 2.47 bits per heavy atom. The van der Waals surface area contributed by atoms with E-state index in [9.17, 15) is 4.79 Å². The smallest absolute Gasteiger partial charge is 0.185 e. The van der Waals surface area contributed by atoms with Gasteiger partial charge in [0, 0.05) is 18.3 Å². The highest BCUT2D eigenvalue weighted by Crippen LogP contribution is 2.25. The van der Waals surface area contributed by atoms with Crippen LogP contribution in [-0.2, 0) is 0 Å². The predicted octanol–water partition coefficient (Wildman–Crippen LogP) is 2.63. The van der Waals surface area contributed by atoms with Crippen LogP contribution >= 0.6 is 0 Å². The molecule has 0 aromatic carbocycles. The number of hydrogen-bond donors (Lipinski definition) is 0. The Morgan fingerprint density at radius 1 is 1.13 bits per heavy atom. The Hall–Kier alpha value is -1.25. The molecule has 1 fully saturated rings. The van der Waals surface area contributed by atoms with Gasteiger partial charge in [-0.05, 0) is 12.8 Å². The lowest BCUT2D eigenvalue weighted by Crippen LogP contribution is -2.15. The van der Waals surface area contributed by atoms with Crippen molar-refractivity contribution in [2.24, 2.45) is 5.92 Å². The normalized spacial score (nSPS) is 18.4. The number of carbonyl (C=O) groups excluding carboxylic acids is 1. The highest BCUT2D eigenvalue weighted by atomic mass is 16.1. The molecule has 1 aromatic heterocycles. The third-order valence-electron chi connectivity index (χ3n) is 3.04. The summed E-state index contributed by atoms with van der Waals surface area (Å²) in [5.41, 5.74) is 0.532. The van der Waals surface area contributed by atoms with Crippen molar-refractivity contribution in [2.75, 3.05) is 0 Å². The maximum atomic E-state index is 12.0. The summed E-state index contributed by atoms with van der Waals surface area (Å²) in [7, 11) is 0. The minimum atomic E-state index is 0.184. The number of ketones is 1. The van der Waals surface area contributed by atoms with E-state index in [1.165, 1.54) is 25.7 Å². The van der Waals surface area contributed by atoms with Gasteiger partial charge in [-0.2, -0.15) is 0 Å². The van der Waals surface area contributed by atoms with Crippen molar-refractivity contribution in [1.29, 1.82) is 0 Å². The minimum Gasteiger partial charge on any atom is -0.292 e. The third-order valence-corrected chi connectivity index (χ3v) is 3.04. The third kappa shape index (κ3) is 2.61. The number of hydrogen-bond acceptors (Lipinski definition) is 3. The number of aromatic nitrogens is 2. The molecule has 3 heteroatoms. The molecule has 0 bridgehead atoms. The van der Waals surface area contributed by atoms with Crippen LogP contribution in [0.3, 0.4) is 0 Å². The van der Waals surface area contributed by atoms with E-state index in [0.29, 0.717) is 5.69 Å². The molecule has 80 valence electrons. The molecule has 0 radical (unpaired) electrons. The van der Waals surface area contributed by atoms with Gasteiger partial charge in [-0.15, -0.1) is 0 Å². The Morgan fingerprint density at radius 2 is 1.87 bits per heavy atom. The zero-order valence-corrected chi connectivity index (χ0v) is 8.85. The molecule has 0 saturated heterocycles. The molecule has 0 aliphatic heterocycles. The lowest BCUT2D eigenvalue weighted by Gasteiger charge is -2.11. The predicted molar refractivity (Wildman–Crippen MR) is 57.6 cm³/mol. The van der Waals surface area contributed by atoms with Gasteiger partial charge in [-0.3, -0.25) is 9.78 Å². The van der Waals surface area contributed by atoms with Crippen LogP contribution in [0.4, 0.5) is 0 Å². The molecular weight excluding hydrogens is 188 g/mol. The molecule has 1 aliphatic carbocycles. The minimum absolute atomic E-state index is 0.184. The summed E-state index contributed by atoms with van der Waals surface area (Å²) >= 11 is 0. The van der Waals surface area contributed by atoms with Gasteiger partial charge in [0.15, 0.2) is 5.78 Å². The monoisotopic (exact) mass is 204 g/mol. The summed E-state index contributed by atoms with van der Waals surface area (Å²) in [6.07, 6.45) is 11.7. The Kier molecular flexibility index (Phi) is 3.43. The largest absolute Gasteiger partial charge is 0.292 e. The van der Waals surface area contributed by atoms with Gasteiger partial charge in [0.05, 0.1) is 6.20 Å². The first-order chi connectivity index (χ1) is 7.38. The van der Waals surface area contributed by atoms with Crippen molar-refractivity contribution in [3.8, 4) is 0 Å². The molecular formula is C12H16N2O. The molecule has 2 rings (SSSR count). The fourth-order valence-corrected chi connectivity index (χ4v) is 2.18. The van der Waals surface area contributed by atoms with E-state index in [-0.39, 0.29) is 11.7 Å². The van der Waals surface area contributed by atoms with Gasteiger partial charge >= 0.3 is 0 Å². The fourth-order valence-electron chi connectivity index (χ4n) is 2.18. The average molecular weight is 204 g/mol. The van der Waals surface area contributed by atoms with Crippen LogP contribution in [0.2, 0.25) is 0 Å². The van der Waals surface area contributed by atoms with Gasteiger partial charge in [-0.25, -0.2) is 4.98 Å². The SMILES string of the molecule is O=C(c1cnccn1)C1CCCCCC1. The average Bonchev–Trinajstić information content (AvgIpc) is 2.58. The van der Waals surface area contributed by atoms with E-state index in [1.54, 1.807) is 18.6 Å². The van der Waals surface area contributed by atoms with Crippen molar-refractivity contribution in [1.82, 2.24) is 9.97 Å². The summed E-state index contributed by atoms with van der Waals surface area (Å²) in [5.74, 6) is 0.370. The molecule has 0 spiro atoms. The lowest BCUT2D eigenvalue weighted by atomic mass is 9.94. The van der Waals surface area contributed by atoms with Crippen LogP contribution in [-0.4, -0.2) is 15.8 Å². The van der Waals surface area contributed by atoms with E-state index < -0.39 is 0 Å². The maximum Gasteiger partial charge on any atom is 0.185 e. The molecule has 1 heterocycles. The summed E-state index contributed by atoms with van der Waals surface area (Å²) < 4.78 is 0. The first-order valence-electron chi connectivity index (χ1n) is 5.68. The van der Waals surface area contributed by atoms with Crippen LogP contribution in [0.15, 0.2) is 18.6 Å². The first kappa shape index (κ1) is 10.3. The number of carbonyl (C=O) groups is 1. The summed E-state index contributed by atoms with van der Waals surface area (Å²) in [4.78, 5) is 20.1. The molecule has 1 aliphatic rings. The highest BCUT2D eigenvalue weighted by molar-refractivity contribution is 5.95. The van der Waals surface area contributed by atoms with Crippen molar-refractivity contribution in [2.45, 2.75) is 38.5 Å². The zero-order chi connectivity index (χ0) is 10.5. The zero-order valence-electron chi connectivity index (χ0n) is 8.85. The van der Waals surface area contributed by atoms with Crippen LogP contribution in [0.5, 0.6) is 0 Å². The molecule has 0 atom stereocenters. The second-order valence-corrected chi connectivity index (χ2v) is 4.14. The number of Topliss-reactive ketones (excluding diaryl/α,β-unsaturated/α-hetero) is 1. The van der Waals surface area contributed by atoms with Gasteiger partial charge in [0.2, 0.25) is 0 Å². The van der Waals surface area contributed by atoms with Gasteiger partial charge in [-0.1, -0.05) is 25.7 Å². The Labute approximate surface area is 89.9 Å². The van der Waals surface area contributed by atoms with E-state index >= 15 is 0 Å². The number of rotatable bonds is 2. The molecule has 0 unspecified atom stereocenters. The van der Waals surface area contributed by atoms with Gasteiger partial charge in [0.25, 0.3) is 0 Å². The number of nitrogens with zero attached hydrogens (tertiary/aromatic N) is 2. The van der Waals surface area contributed by atoms with Crippen molar-refractivity contribution < 1.29 is 4.79 Å². The topological polar surface area (TPSA) is 42.9 Å². The van der Waals surface area contributed by atoms with Gasteiger partial charge < -0.3 is 0 Å². The standard InChI is InChI=1S/C12H16N2O/c15-12(11-9-13-7-8-14-11)10-5-3-1-2-4-6-10/h7-10H,1-6H2. The van der Waals surface area contributed by atoms with Crippen LogP contribution < -0.4 is 0 Å². The van der Waals surface area contributed by atoms with E-state index in [0.717, 1.165) is 12.8 Å². The van der Waals surface area contributed by atoms with Crippen molar-refractivity contribution in [3.05, 3.63) is 24.3 Å². The molecule has 3 nitrogen and oxygen atoms in total. The fraction of sp³-hybridized carbons (Fsp3) is 0.583. The Balaban J connectivity index is 2.06. The highest BCUT2D eigenvalue weighted by Gasteiger charge is 2.22. The van der Waals surface area contributed by atoms with Crippen LogP contribution in [0, 0.1) is 5.92 Å². The van der Waals surface area contributed by atoms with Crippen LogP contribution in [0.1, 0.15) is 49.0 Å². The van der Waals surface area contributed by atoms with E-state index in [1.807, 2.05) is 0 Å². The second kappa shape index (κ2) is 5.01.